The van der Waals surface area contributed by atoms with Crippen LogP contribution in [0.2, 0.25) is 0 Å². The number of aromatic amines is 1. The maximum absolute atomic E-state index is 12.8. The van der Waals surface area contributed by atoms with Crippen LogP contribution in [0.4, 0.5) is 5.82 Å². The number of carbonyl (C=O) groups is 2. The third-order valence-electron chi connectivity index (χ3n) is 7.19. The van der Waals surface area contributed by atoms with Gasteiger partial charge in [-0.15, -0.1) is 0 Å². The molecule has 9 heteroatoms. The van der Waals surface area contributed by atoms with E-state index in [1.54, 1.807) is 18.3 Å². The SMILES string of the molecule is O=C(N[C@H](CCN1CC[C@@H](CCc2ccc3c(n2)NCCC3)C1)C(=O)O)c1cccc2cn[nH]c12. The van der Waals surface area contributed by atoms with Gasteiger partial charge in [0.25, 0.3) is 5.91 Å². The van der Waals surface area contributed by atoms with Gasteiger partial charge in [0.2, 0.25) is 0 Å². The number of hydrogen-bond acceptors (Lipinski definition) is 6. The molecule has 184 valence electrons. The molecule has 0 unspecified atom stereocenters. The van der Waals surface area contributed by atoms with Gasteiger partial charge >= 0.3 is 5.97 Å². The normalized spacial score (nSPS) is 18.7. The number of carboxylic acids is 1. The number of hydrogen-bond donors (Lipinski definition) is 4. The number of rotatable bonds is 9. The van der Waals surface area contributed by atoms with E-state index in [1.165, 1.54) is 12.0 Å². The van der Waals surface area contributed by atoms with Crippen molar-refractivity contribution in [1.82, 2.24) is 25.4 Å². The van der Waals surface area contributed by atoms with Gasteiger partial charge in [-0.05, 0) is 68.7 Å². The average Bonchev–Trinajstić information content (AvgIpc) is 3.54. The largest absolute Gasteiger partial charge is 0.480 e. The van der Waals surface area contributed by atoms with Crippen LogP contribution in [0, 0.1) is 5.92 Å². The van der Waals surface area contributed by atoms with Crippen LogP contribution in [0.15, 0.2) is 36.5 Å². The van der Waals surface area contributed by atoms with Crippen LogP contribution in [-0.4, -0.2) is 69.3 Å². The molecule has 5 rings (SSSR count). The maximum Gasteiger partial charge on any atom is 0.326 e. The zero-order chi connectivity index (χ0) is 24.2. The Bertz CT molecular complexity index is 1210. The molecule has 0 radical (unpaired) electrons. The molecule has 2 aliphatic rings. The first-order valence-electron chi connectivity index (χ1n) is 12.5. The van der Waals surface area contributed by atoms with Crippen molar-refractivity contribution in [2.75, 3.05) is 31.5 Å². The quantitative estimate of drug-likeness (QED) is 0.374. The lowest BCUT2D eigenvalue weighted by Gasteiger charge is -2.20. The molecule has 0 saturated carbocycles. The number of benzene rings is 1. The molecule has 2 aliphatic heterocycles. The van der Waals surface area contributed by atoms with Crippen LogP contribution in [-0.2, 0) is 17.6 Å². The topological polar surface area (TPSA) is 123 Å². The first-order valence-corrected chi connectivity index (χ1v) is 12.5. The number of amides is 1. The van der Waals surface area contributed by atoms with Crippen LogP contribution < -0.4 is 10.6 Å². The summed E-state index contributed by atoms with van der Waals surface area (Å²) in [6.07, 6.45) is 7.42. The van der Waals surface area contributed by atoms with Gasteiger partial charge in [-0.3, -0.25) is 9.89 Å². The van der Waals surface area contributed by atoms with Gasteiger partial charge in [-0.2, -0.15) is 5.10 Å². The Kier molecular flexibility index (Phi) is 6.94. The third kappa shape index (κ3) is 5.45. The van der Waals surface area contributed by atoms with Gasteiger partial charge in [-0.25, -0.2) is 9.78 Å². The molecule has 0 aliphatic carbocycles. The van der Waals surface area contributed by atoms with Gasteiger partial charge in [0.15, 0.2) is 0 Å². The smallest absolute Gasteiger partial charge is 0.326 e. The predicted molar refractivity (Wildman–Crippen MR) is 134 cm³/mol. The Morgan fingerprint density at radius 1 is 1.26 bits per heavy atom. The second kappa shape index (κ2) is 10.4. The molecule has 35 heavy (non-hydrogen) atoms. The summed E-state index contributed by atoms with van der Waals surface area (Å²) in [6, 6.07) is 8.72. The highest BCUT2D eigenvalue weighted by Crippen LogP contribution is 2.24. The maximum atomic E-state index is 12.8. The molecule has 2 atom stereocenters. The molecule has 1 fully saturated rings. The summed E-state index contributed by atoms with van der Waals surface area (Å²) < 4.78 is 0. The average molecular weight is 477 g/mol. The summed E-state index contributed by atoms with van der Waals surface area (Å²) in [6.45, 7) is 3.55. The zero-order valence-electron chi connectivity index (χ0n) is 19.8. The van der Waals surface area contributed by atoms with Crippen molar-refractivity contribution in [3.05, 3.63) is 53.3 Å². The number of aryl methyl sites for hydroxylation is 2. The lowest BCUT2D eigenvalue weighted by molar-refractivity contribution is -0.139. The number of nitrogens with one attached hydrogen (secondary N) is 3. The number of carboxylic acid groups (broad SMARTS) is 1. The molecule has 4 heterocycles. The molecular weight excluding hydrogens is 444 g/mol. The molecule has 1 aromatic carbocycles. The second-order valence-electron chi connectivity index (χ2n) is 9.63. The summed E-state index contributed by atoms with van der Waals surface area (Å²) in [5.74, 6) is 0.209. The fourth-order valence-electron chi connectivity index (χ4n) is 5.17. The van der Waals surface area contributed by atoms with Crippen molar-refractivity contribution in [1.29, 1.82) is 0 Å². The van der Waals surface area contributed by atoms with Crippen LogP contribution in [0.3, 0.4) is 0 Å². The van der Waals surface area contributed by atoms with Crippen LogP contribution in [0.25, 0.3) is 10.9 Å². The van der Waals surface area contributed by atoms with Crippen LogP contribution in [0.5, 0.6) is 0 Å². The minimum atomic E-state index is -1.02. The summed E-state index contributed by atoms with van der Waals surface area (Å²) in [7, 11) is 0. The number of fused-ring (bicyclic) bond motifs is 2. The van der Waals surface area contributed by atoms with Crippen LogP contribution in [0.1, 0.15) is 47.3 Å². The van der Waals surface area contributed by atoms with Gasteiger partial charge in [0.05, 0.1) is 17.3 Å². The monoisotopic (exact) mass is 476 g/mol. The van der Waals surface area contributed by atoms with E-state index in [1.807, 2.05) is 6.07 Å². The number of likely N-dealkylation sites (tertiary alicyclic amines) is 1. The van der Waals surface area contributed by atoms with E-state index >= 15 is 0 Å². The number of aromatic nitrogens is 3. The van der Waals surface area contributed by atoms with Crippen molar-refractivity contribution >= 4 is 28.6 Å². The minimum absolute atomic E-state index is 0.366. The number of carbonyl (C=O) groups excluding carboxylic acids is 1. The van der Waals surface area contributed by atoms with Gasteiger partial charge < -0.3 is 20.6 Å². The molecule has 9 nitrogen and oxygen atoms in total. The highest BCUT2D eigenvalue weighted by molar-refractivity contribution is 6.06. The molecule has 4 N–H and O–H groups in total. The molecular formula is C26H32N6O3. The van der Waals surface area contributed by atoms with Crippen LogP contribution >= 0.6 is 0 Å². The van der Waals surface area contributed by atoms with E-state index in [0.717, 1.165) is 62.2 Å². The standard InChI is InChI=1S/C26H32N6O3/c33-25(21-5-1-3-19-15-28-31-23(19)21)30-22(26(34)35)11-14-32-13-10-17(16-32)6-8-20-9-7-18-4-2-12-27-24(18)29-20/h1,3,5,7,9,15,17,22H,2,4,6,8,10-14,16H2,(H,27,29)(H,28,31)(H,30,33)(H,34,35)/t17-,22-/m1/s1. The van der Waals surface area contributed by atoms with Crippen molar-refractivity contribution < 1.29 is 14.7 Å². The summed E-state index contributed by atoms with van der Waals surface area (Å²) in [4.78, 5) is 31.7. The molecule has 0 spiro atoms. The van der Waals surface area contributed by atoms with E-state index in [9.17, 15) is 14.7 Å². The fourth-order valence-corrected chi connectivity index (χ4v) is 5.17. The minimum Gasteiger partial charge on any atom is -0.480 e. The Labute approximate surface area is 204 Å². The summed E-state index contributed by atoms with van der Waals surface area (Å²) >= 11 is 0. The second-order valence-corrected chi connectivity index (χ2v) is 9.63. The van der Waals surface area contributed by atoms with Gasteiger partial charge in [0, 0.05) is 30.7 Å². The highest BCUT2D eigenvalue weighted by Gasteiger charge is 2.26. The lowest BCUT2D eigenvalue weighted by Crippen LogP contribution is -2.43. The van der Waals surface area contributed by atoms with Crippen molar-refractivity contribution in [2.45, 2.75) is 44.6 Å². The Balaban J connectivity index is 1.10. The van der Waals surface area contributed by atoms with Gasteiger partial charge in [0.1, 0.15) is 11.9 Å². The van der Waals surface area contributed by atoms with E-state index in [4.69, 9.17) is 4.98 Å². The number of para-hydroxylation sites is 1. The van der Waals surface area contributed by atoms with Crippen molar-refractivity contribution in [3.63, 3.8) is 0 Å². The Hall–Kier alpha value is -3.46. The zero-order valence-corrected chi connectivity index (χ0v) is 19.8. The van der Waals surface area contributed by atoms with E-state index < -0.39 is 17.9 Å². The van der Waals surface area contributed by atoms with Gasteiger partial charge in [-0.1, -0.05) is 18.2 Å². The number of anilines is 1. The molecule has 1 saturated heterocycles. The van der Waals surface area contributed by atoms with Crippen molar-refractivity contribution in [3.8, 4) is 0 Å². The molecule has 3 aromatic rings. The number of H-pyrrole nitrogens is 1. The number of pyridine rings is 1. The van der Waals surface area contributed by atoms with E-state index in [0.29, 0.717) is 30.0 Å². The highest BCUT2D eigenvalue weighted by atomic mass is 16.4. The lowest BCUT2D eigenvalue weighted by atomic mass is 10.00. The Morgan fingerprint density at radius 3 is 3.06 bits per heavy atom. The first-order chi connectivity index (χ1) is 17.1. The first kappa shape index (κ1) is 23.3. The summed E-state index contributed by atoms with van der Waals surface area (Å²) in [5.41, 5.74) is 3.46. The third-order valence-corrected chi connectivity index (χ3v) is 7.19. The van der Waals surface area contributed by atoms with E-state index in [-0.39, 0.29) is 0 Å². The number of nitrogens with zero attached hydrogens (tertiary/aromatic N) is 3. The molecule has 0 bridgehead atoms. The predicted octanol–water partition coefficient (Wildman–Crippen LogP) is 2.84. The van der Waals surface area contributed by atoms with Crippen molar-refractivity contribution in [2.24, 2.45) is 5.92 Å². The fraction of sp³-hybridized carbons (Fsp3) is 0.462. The summed E-state index contributed by atoms with van der Waals surface area (Å²) in [5, 5.41) is 23.4. The van der Waals surface area contributed by atoms with E-state index in [2.05, 4.69) is 37.9 Å². The Morgan fingerprint density at radius 2 is 2.17 bits per heavy atom. The molecule has 1 amide bonds. The molecule has 2 aromatic heterocycles. The number of aliphatic carboxylic acids is 1.